The van der Waals surface area contributed by atoms with Crippen LogP contribution in [-0.2, 0) is 14.3 Å². The second-order valence-corrected chi connectivity index (χ2v) is 15.6. The molecule has 1 rings (SSSR count). The first kappa shape index (κ1) is 51.1. The van der Waals surface area contributed by atoms with Crippen molar-refractivity contribution in [3.63, 3.8) is 0 Å². The molecule has 0 radical (unpaired) electrons. The van der Waals surface area contributed by atoms with E-state index in [2.05, 4.69) is 48.1 Å². The van der Waals surface area contributed by atoms with Crippen molar-refractivity contribution in [1.82, 2.24) is 0 Å². The number of aliphatic hydroxyl groups excluding tert-OH is 3. The van der Waals surface area contributed by atoms with Crippen LogP contribution < -0.4 is 0 Å². The van der Waals surface area contributed by atoms with Crippen LogP contribution in [0.25, 0.3) is 0 Å². The summed E-state index contributed by atoms with van der Waals surface area (Å²) < 4.78 is 11.3. The van der Waals surface area contributed by atoms with Crippen molar-refractivity contribution in [2.75, 3.05) is 26.1 Å². The molecule has 48 heavy (non-hydrogen) atoms. The summed E-state index contributed by atoms with van der Waals surface area (Å²) in [4.78, 5) is 12.6. The molecule has 284 valence electrons. The topological polar surface area (TPSA) is 137 Å². The van der Waals surface area contributed by atoms with Gasteiger partial charge in [0.05, 0.1) is 12.2 Å². The van der Waals surface area contributed by atoms with Crippen LogP contribution in [0.5, 0.6) is 0 Å². The van der Waals surface area contributed by atoms with E-state index in [1.165, 1.54) is 19.3 Å². The zero-order valence-corrected chi connectivity index (χ0v) is 33.3. The minimum absolute atomic E-state index is 0.109. The molecule has 0 aliphatic carbocycles. The molecular formula is C39H74O8S. The van der Waals surface area contributed by atoms with Gasteiger partial charge in [0.1, 0.15) is 12.2 Å². The van der Waals surface area contributed by atoms with Crippen molar-refractivity contribution < 1.29 is 40.1 Å². The summed E-state index contributed by atoms with van der Waals surface area (Å²) in [6.45, 7) is 27.4. The predicted octanol–water partition coefficient (Wildman–Crippen LogP) is 8.76. The Bertz CT molecular complexity index is 890. The van der Waals surface area contributed by atoms with Crippen molar-refractivity contribution in [2.24, 2.45) is 23.7 Å². The van der Waals surface area contributed by atoms with Crippen LogP contribution in [0.4, 0.5) is 0 Å². The van der Waals surface area contributed by atoms with E-state index in [4.69, 9.17) is 25.1 Å². The fourth-order valence-electron chi connectivity index (χ4n) is 4.80. The molecule has 0 amide bonds. The molecule has 5 N–H and O–H groups in total. The first-order chi connectivity index (χ1) is 22.5. The minimum Gasteiger partial charge on any atom is -0.396 e. The number of Topliss-reactive ketones (excluding diaryl/α,β-unsaturated/α-hetero) is 1. The number of rotatable bonds is 19. The molecule has 8 nitrogen and oxygen atoms in total. The van der Waals surface area contributed by atoms with Crippen LogP contribution in [0, 0.1) is 23.7 Å². The highest BCUT2D eigenvalue weighted by Crippen LogP contribution is 2.29. The molecule has 0 aromatic carbocycles. The summed E-state index contributed by atoms with van der Waals surface area (Å²) in [6, 6.07) is 0. The predicted molar refractivity (Wildman–Crippen MR) is 205 cm³/mol. The van der Waals surface area contributed by atoms with Gasteiger partial charge in [0, 0.05) is 37.4 Å². The van der Waals surface area contributed by atoms with Crippen LogP contribution in [0.15, 0.2) is 48.1 Å². The molecule has 1 aliphatic heterocycles. The van der Waals surface area contributed by atoms with E-state index in [1.807, 2.05) is 69.8 Å². The van der Waals surface area contributed by atoms with E-state index in [9.17, 15) is 15.0 Å². The Labute approximate surface area is 298 Å². The van der Waals surface area contributed by atoms with Gasteiger partial charge in [-0.15, -0.1) is 0 Å². The van der Waals surface area contributed by atoms with Crippen LogP contribution in [0.2, 0.25) is 0 Å². The molecule has 0 spiro atoms. The molecule has 7 atom stereocenters. The van der Waals surface area contributed by atoms with E-state index in [-0.39, 0.29) is 28.5 Å². The largest absolute Gasteiger partial charge is 0.396 e. The van der Waals surface area contributed by atoms with Crippen molar-refractivity contribution in [1.29, 1.82) is 0 Å². The lowest BCUT2D eigenvalue weighted by Gasteiger charge is -2.28. The fourth-order valence-corrected chi connectivity index (χ4v) is 6.18. The van der Waals surface area contributed by atoms with Crippen LogP contribution in [0.3, 0.4) is 0 Å². The number of ketones is 1. The normalized spacial score (nSPS) is 20.0. The highest BCUT2D eigenvalue weighted by atomic mass is 32.2. The first-order valence-electron chi connectivity index (χ1n) is 17.7. The lowest BCUT2D eigenvalue weighted by molar-refractivity contribution is -0.176. The third kappa shape index (κ3) is 25.6. The van der Waals surface area contributed by atoms with Gasteiger partial charge in [0.2, 0.25) is 0 Å². The number of methoxy groups -OCH3 is 1. The lowest BCUT2D eigenvalue weighted by atomic mass is 9.88. The van der Waals surface area contributed by atoms with Gasteiger partial charge in [0.15, 0.2) is 5.78 Å². The number of aliphatic hydroxyl groups is 3. The average molecular weight is 703 g/mol. The van der Waals surface area contributed by atoms with Crippen LogP contribution in [-0.4, -0.2) is 86.9 Å². The molecule has 4 unspecified atom stereocenters. The molecule has 1 fully saturated rings. The Morgan fingerprint density at radius 2 is 1.67 bits per heavy atom. The molecule has 1 saturated heterocycles. The van der Waals surface area contributed by atoms with Gasteiger partial charge in [-0.2, -0.15) is 11.8 Å². The van der Waals surface area contributed by atoms with Gasteiger partial charge < -0.3 is 24.8 Å². The van der Waals surface area contributed by atoms with Crippen molar-refractivity contribution >= 4 is 17.5 Å². The van der Waals surface area contributed by atoms with Crippen molar-refractivity contribution in [2.45, 2.75) is 144 Å². The molecule has 0 aromatic rings. The number of hydrogen-bond acceptors (Lipinski definition) is 9. The van der Waals surface area contributed by atoms with E-state index in [0.29, 0.717) is 30.9 Å². The molecule has 1 heterocycles. The van der Waals surface area contributed by atoms with Crippen molar-refractivity contribution in [3.8, 4) is 0 Å². The maximum atomic E-state index is 12.6. The van der Waals surface area contributed by atoms with Gasteiger partial charge in [-0.05, 0) is 80.6 Å². The van der Waals surface area contributed by atoms with Gasteiger partial charge in [-0.3, -0.25) is 15.3 Å². The van der Waals surface area contributed by atoms with Gasteiger partial charge in [0.25, 0.3) is 0 Å². The van der Waals surface area contributed by atoms with E-state index >= 15 is 0 Å². The number of thioether (sulfide) groups is 1. The number of carbonyl (C=O) groups is 1. The van der Waals surface area contributed by atoms with Gasteiger partial charge >= 0.3 is 0 Å². The maximum Gasteiger partial charge on any atom is 0.167 e. The van der Waals surface area contributed by atoms with Gasteiger partial charge in [-0.1, -0.05) is 99.3 Å². The second-order valence-electron chi connectivity index (χ2n) is 13.8. The standard InChI is InChI=1S/C27H44O5.C10H22OS.C2H6.H2O2/c1-18(2)25(29)27(31-7)26(30)22(6)15-19(3)11-9-8-10-12-21(5)24(28)16-23-14-13-20(4)17-32-23;1-9(2)5-8-12-10(3,4)6-7-11;2*1-2/h8-12,19-20,22-25,27-29H,1,13-17H2,2-7H3;9,11H,5-8H2,1-4H3;1-2H3;1-2H/b10-8+,11-9+,21-12+;;;/t19-,20?,22-,23?,24?,25?,27-;;;/m1.../s1. The molecule has 9 heteroatoms. The SMILES string of the molecule is C=C(C)C(O)[C@@H](OC)C(=O)[C@H](C)C[C@H](C)/C=C/C=C/C=C(\C)C(O)CC1CCC(C)CO1.CC.CC(C)CCSC(C)(C)CCO.OO. The summed E-state index contributed by atoms with van der Waals surface area (Å²) >= 11 is 1.97. The average Bonchev–Trinajstić information content (AvgIpc) is 3.03. The Morgan fingerprint density at radius 3 is 2.15 bits per heavy atom. The van der Waals surface area contributed by atoms with E-state index < -0.39 is 18.3 Å². The lowest BCUT2D eigenvalue weighted by Crippen LogP contribution is -2.39. The monoisotopic (exact) mass is 703 g/mol. The number of ether oxygens (including phenoxy) is 2. The zero-order chi connectivity index (χ0) is 37.9. The molecule has 1 aliphatic rings. The Balaban J connectivity index is -0.00000106. The summed E-state index contributed by atoms with van der Waals surface area (Å²) in [6.07, 6.45) is 13.2. The smallest absolute Gasteiger partial charge is 0.167 e. The second kappa shape index (κ2) is 30.5. The molecular weight excluding hydrogens is 628 g/mol. The molecule has 0 aromatic heterocycles. The Hall–Kier alpha value is -1.30. The van der Waals surface area contributed by atoms with Crippen LogP contribution in [0.1, 0.15) is 115 Å². The highest BCUT2D eigenvalue weighted by molar-refractivity contribution is 8.00. The third-order valence-corrected chi connectivity index (χ3v) is 9.49. The van der Waals surface area contributed by atoms with Crippen molar-refractivity contribution in [3.05, 3.63) is 48.1 Å². The Morgan fingerprint density at radius 1 is 1.06 bits per heavy atom. The number of carbonyl (C=O) groups excluding carboxylic acids is 1. The summed E-state index contributed by atoms with van der Waals surface area (Å²) in [7, 11) is 1.44. The zero-order valence-electron chi connectivity index (χ0n) is 32.4. The summed E-state index contributed by atoms with van der Waals surface area (Å²) in [5, 5.41) is 41.3. The number of hydrogen-bond donors (Lipinski definition) is 5. The summed E-state index contributed by atoms with van der Waals surface area (Å²) in [5.74, 6) is 2.47. The number of allylic oxidation sites excluding steroid dienone is 5. The quantitative estimate of drug-likeness (QED) is 0.0387. The first-order valence-corrected chi connectivity index (χ1v) is 18.7. The molecule has 0 saturated carbocycles. The van der Waals surface area contributed by atoms with Gasteiger partial charge in [-0.25, -0.2) is 0 Å². The maximum absolute atomic E-state index is 12.6. The Kier molecular flexibility index (Phi) is 32.5. The third-order valence-electron chi connectivity index (χ3n) is 8.07. The van der Waals surface area contributed by atoms with E-state index in [1.54, 1.807) is 6.92 Å². The minimum atomic E-state index is -0.984. The summed E-state index contributed by atoms with van der Waals surface area (Å²) in [5.41, 5.74) is 1.44. The molecule has 0 bridgehead atoms. The fraction of sp³-hybridized carbons (Fsp3) is 0.769. The van der Waals surface area contributed by atoms with Crippen LogP contribution >= 0.6 is 11.8 Å². The van der Waals surface area contributed by atoms with E-state index in [0.717, 1.165) is 37.4 Å². The highest BCUT2D eigenvalue weighted by Gasteiger charge is 2.31.